The van der Waals surface area contributed by atoms with E-state index in [0.29, 0.717) is 41.2 Å². The third-order valence-corrected chi connectivity index (χ3v) is 3.17. The van der Waals surface area contributed by atoms with Crippen molar-refractivity contribution < 1.29 is 19.0 Å². The fourth-order valence-electron chi connectivity index (χ4n) is 1.97. The highest BCUT2D eigenvalue weighted by atomic mass is 35.5. The highest BCUT2D eigenvalue weighted by molar-refractivity contribution is 6.30. The Morgan fingerprint density at radius 3 is 2.39 bits per heavy atom. The van der Waals surface area contributed by atoms with Crippen molar-refractivity contribution in [2.24, 2.45) is 0 Å². The molecule has 23 heavy (non-hydrogen) atoms. The molecule has 0 fully saturated rings. The molecule has 0 spiro atoms. The Hall–Kier alpha value is -1.78. The number of hydrogen-bond donors (Lipinski definition) is 0. The first kappa shape index (κ1) is 19.3. The molecule has 0 saturated carbocycles. The highest BCUT2D eigenvalue weighted by Gasteiger charge is 2.29. The normalized spacial score (nSPS) is 16.7. The van der Waals surface area contributed by atoms with Crippen molar-refractivity contribution >= 4 is 29.7 Å². The average molecular weight is 357 g/mol. The third-order valence-electron chi connectivity index (χ3n) is 2.92. The van der Waals surface area contributed by atoms with Gasteiger partial charge in [0.15, 0.2) is 17.6 Å². The van der Waals surface area contributed by atoms with Crippen molar-refractivity contribution in [1.29, 1.82) is 0 Å². The minimum absolute atomic E-state index is 0. The molecule has 0 aromatic heterocycles. The minimum atomic E-state index is -0.485. The second kappa shape index (κ2) is 9.38. The summed E-state index contributed by atoms with van der Waals surface area (Å²) in [5.74, 6) is 1.62. The summed E-state index contributed by atoms with van der Waals surface area (Å²) < 4.78 is 16.9. The topological polar surface area (TPSA) is 64.1 Å². The maximum atomic E-state index is 9.10. The van der Waals surface area contributed by atoms with E-state index in [0.717, 1.165) is 0 Å². The predicted octanol–water partition coefficient (Wildman–Crippen LogP) is 4.03. The molecule has 0 heterocycles. The van der Waals surface area contributed by atoms with E-state index in [2.05, 4.69) is 4.79 Å². The van der Waals surface area contributed by atoms with Crippen LogP contribution in [0, 0.1) is 0 Å². The van der Waals surface area contributed by atoms with Gasteiger partial charge in [-0.15, -0.1) is 12.4 Å². The van der Waals surface area contributed by atoms with Crippen molar-refractivity contribution in [1.82, 2.24) is 0 Å². The molecule has 1 unspecified atom stereocenters. The van der Waals surface area contributed by atoms with Crippen LogP contribution in [0.3, 0.4) is 0 Å². The molecule has 1 aromatic carbocycles. The fourth-order valence-corrected chi connectivity index (χ4v) is 2.10. The molecule has 0 aliphatic heterocycles. The number of ether oxygens (including phenoxy) is 3. The predicted molar refractivity (Wildman–Crippen MR) is 91.2 cm³/mol. The van der Waals surface area contributed by atoms with Crippen LogP contribution in [0.1, 0.15) is 13.8 Å². The molecule has 0 amide bonds. The van der Waals surface area contributed by atoms with Crippen LogP contribution in [-0.4, -0.2) is 29.8 Å². The monoisotopic (exact) mass is 356 g/mol. The van der Waals surface area contributed by atoms with Crippen molar-refractivity contribution in [3.8, 4) is 5.75 Å². The zero-order valence-electron chi connectivity index (χ0n) is 12.9. The first-order chi connectivity index (χ1) is 10.7. The Morgan fingerprint density at radius 2 is 1.83 bits per heavy atom. The van der Waals surface area contributed by atoms with Gasteiger partial charge in [-0.1, -0.05) is 11.6 Å². The smallest absolute Gasteiger partial charge is 0.328 e. The Balaban J connectivity index is 0.00000264. The van der Waals surface area contributed by atoms with Crippen molar-refractivity contribution in [2.75, 3.05) is 13.2 Å². The summed E-state index contributed by atoms with van der Waals surface area (Å²) in [6, 6.07) is 7.01. The number of nitrogens with zero attached hydrogens (tertiary/aromatic N) is 2. The van der Waals surface area contributed by atoms with Gasteiger partial charge in [0.25, 0.3) is 0 Å². The summed E-state index contributed by atoms with van der Waals surface area (Å²) in [5, 5.41) is 0.632. The van der Waals surface area contributed by atoms with E-state index in [-0.39, 0.29) is 12.4 Å². The number of rotatable bonds is 6. The molecule has 0 radical (unpaired) electrons. The molecular formula is C16H18Cl2N2O3. The van der Waals surface area contributed by atoms with E-state index in [1.807, 2.05) is 13.8 Å². The standard InChI is InChI=1S/C16H17ClN2O3.ClH/c1-3-20-14-10-16(15(21-4-2)9-13(14)19-18)22-12-7-5-11(17)6-8-12;/h5-10,14H,3-4H2,1-2H3;1H. The van der Waals surface area contributed by atoms with Crippen LogP contribution in [-0.2, 0) is 9.47 Å². The molecule has 0 bridgehead atoms. The summed E-state index contributed by atoms with van der Waals surface area (Å²) in [6.07, 6.45) is 2.84. The summed E-state index contributed by atoms with van der Waals surface area (Å²) >= 11 is 5.87. The molecule has 0 N–H and O–H groups in total. The molecule has 7 heteroatoms. The summed E-state index contributed by atoms with van der Waals surface area (Å²) in [7, 11) is 0. The van der Waals surface area contributed by atoms with Gasteiger partial charge in [0.1, 0.15) is 5.75 Å². The number of halogens is 2. The average Bonchev–Trinajstić information content (AvgIpc) is 2.52. The van der Waals surface area contributed by atoms with E-state index in [1.54, 1.807) is 36.4 Å². The molecular weight excluding hydrogens is 339 g/mol. The van der Waals surface area contributed by atoms with E-state index >= 15 is 0 Å². The van der Waals surface area contributed by atoms with E-state index in [9.17, 15) is 0 Å². The molecule has 1 atom stereocenters. The van der Waals surface area contributed by atoms with E-state index in [1.165, 1.54) is 0 Å². The van der Waals surface area contributed by atoms with E-state index < -0.39 is 6.10 Å². The van der Waals surface area contributed by atoms with Crippen molar-refractivity contribution in [3.63, 3.8) is 0 Å². The maximum Gasteiger partial charge on any atom is 0.328 e. The first-order valence-corrected chi connectivity index (χ1v) is 7.39. The van der Waals surface area contributed by atoms with Crippen molar-refractivity contribution in [2.45, 2.75) is 20.0 Å². The molecule has 124 valence electrons. The Bertz CT molecular complexity index is 635. The zero-order valence-corrected chi connectivity index (χ0v) is 14.4. The molecule has 1 aliphatic carbocycles. The summed E-state index contributed by atoms with van der Waals surface area (Å²) in [5.41, 5.74) is 9.47. The maximum absolute atomic E-state index is 9.10. The van der Waals surface area contributed by atoms with Crippen LogP contribution in [0.4, 0.5) is 0 Å². The van der Waals surface area contributed by atoms with Crippen LogP contribution in [0.15, 0.2) is 47.9 Å². The van der Waals surface area contributed by atoms with Gasteiger partial charge < -0.3 is 19.7 Å². The van der Waals surface area contributed by atoms with Gasteiger partial charge in [-0.3, -0.25) is 0 Å². The van der Waals surface area contributed by atoms with Gasteiger partial charge >= 0.3 is 5.71 Å². The van der Waals surface area contributed by atoms with Gasteiger partial charge in [-0.25, -0.2) is 0 Å². The van der Waals surface area contributed by atoms with Gasteiger partial charge in [-0.2, -0.15) is 4.79 Å². The van der Waals surface area contributed by atoms with Gasteiger partial charge in [-0.05, 0) is 38.1 Å². The van der Waals surface area contributed by atoms with E-state index in [4.69, 9.17) is 31.3 Å². The van der Waals surface area contributed by atoms with Gasteiger partial charge in [0.2, 0.25) is 0 Å². The van der Waals surface area contributed by atoms with Crippen LogP contribution in [0.25, 0.3) is 5.53 Å². The van der Waals surface area contributed by atoms with Crippen LogP contribution >= 0.6 is 24.0 Å². The van der Waals surface area contributed by atoms with Gasteiger partial charge in [0.05, 0.1) is 12.7 Å². The lowest BCUT2D eigenvalue weighted by molar-refractivity contribution is -0.0227. The van der Waals surface area contributed by atoms with Crippen LogP contribution in [0.5, 0.6) is 5.75 Å². The molecule has 1 aliphatic rings. The lowest BCUT2D eigenvalue weighted by Gasteiger charge is -2.19. The molecule has 1 aromatic rings. The van der Waals surface area contributed by atoms with Gasteiger partial charge in [0, 0.05) is 17.7 Å². The largest absolute Gasteiger partial charge is 0.490 e. The number of benzene rings is 1. The lowest BCUT2D eigenvalue weighted by Crippen LogP contribution is -2.27. The second-order valence-electron chi connectivity index (χ2n) is 4.43. The highest BCUT2D eigenvalue weighted by Crippen LogP contribution is 2.25. The Kier molecular flexibility index (Phi) is 7.86. The first-order valence-electron chi connectivity index (χ1n) is 7.01. The second-order valence-corrected chi connectivity index (χ2v) is 4.87. The Labute approximate surface area is 146 Å². The fraction of sp³-hybridized carbons (Fsp3) is 0.312. The van der Waals surface area contributed by atoms with Crippen molar-refractivity contribution in [3.05, 3.63) is 58.5 Å². The molecule has 5 nitrogen and oxygen atoms in total. The summed E-state index contributed by atoms with van der Waals surface area (Å²) in [4.78, 5) is 3.25. The SMILES string of the molecule is CCOC1=CC(=[N+]=[N-])C(OCC)C=C1Oc1ccc(Cl)cc1.Cl. The van der Waals surface area contributed by atoms with Crippen LogP contribution in [0.2, 0.25) is 5.02 Å². The zero-order chi connectivity index (χ0) is 15.9. The third kappa shape index (κ3) is 5.12. The lowest BCUT2D eigenvalue weighted by atomic mass is 10.1. The summed E-state index contributed by atoms with van der Waals surface area (Å²) in [6.45, 7) is 4.67. The Morgan fingerprint density at radius 1 is 1.13 bits per heavy atom. The molecule has 2 rings (SSSR count). The minimum Gasteiger partial charge on any atom is -0.490 e. The van der Waals surface area contributed by atoms with Crippen LogP contribution < -0.4 is 4.74 Å². The number of hydrogen-bond acceptors (Lipinski definition) is 3. The molecule has 0 saturated heterocycles. The quantitative estimate of drug-likeness (QED) is 0.570.